The molecule has 200 valence electrons. The zero-order chi connectivity index (χ0) is 26.7. The number of hydrogen-bond acceptors (Lipinski definition) is 7. The number of nitrogens with zero attached hydrogens (tertiary/aromatic N) is 5. The highest BCUT2D eigenvalue weighted by Crippen LogP contribution is 2.31. The van der Waals surface area contributed by atoms with Crippen LogP contribution in [0.1, 0.15) is 48.3 Å². The van der Waals surface area contributed by atoms with Crippen molar-refractivity contribution in [3.63, 3.8) is 0 Å². The van der Waals surface area contributed by atoms with E-state index in [9.17, 15) is 13.2 Å². The first kappa shape index (κ1) is 25.8. The molecule has 0 radical (unpaired) electrons. The summed E-state index contributed by atoms with van der Waals surface area (Å²) in [7, 11) is 0. The highest BCUT2D eigenvalue weighted by Gasteiger charge is 2.37. The molecule has 0 bridgehead atoms. The summed E-state index contributed by atoms with van der Waals surface area (Å²) < 4.78 is 41.8. The van der Waals surface area contributed by atoms with Crippen molar-refractivity contribution in [1.82, 2.24) is 24.6 Å². The molecule has 1 fully saturated rings. The third-order valence-corrected chi connectivity index (χ3v) is 7.18. The van der Waals surface area contributed by atoms with Crippen molar-refractivity contribution < 1.29 is 13.2 Å². The lowest BCUT2D eigenvalue weighted by Crippen LogP contribution is -2.32. The molecule has 0 saturated carbocycles. The minimum Gasteiger partial charge on any atom is -0.405 e. The summed E-state index contributed by atoms with van der Waals surface area (Å²) in [4.78, 5) is 10.8. The number of aryl methyl sites for hydroxylation is 2. The summed E-state index contributed by atoms with van der Waals surface area (Å²) >= 11 is 0. The van der Waals surface area contributed by atoms with E-state index in [4.69, 9.17) is 11.5 Å². The molecule has 0 amide bonds. The van der Waals surface area contributed by atoms with E-state index in [1.54, 1.807) is 24.3 Å². The van der Waals surface area contributed by atoms with E-state index in [2.05, 4.69) is 31.3 Å². The van der Waals surface area contributed by atoms with Crippen LogP contribution in [0.3, 0.4) is 0 Å². The number of hydrogen-bond donors (Lipinski definition) is 3. The second-order valence-electron chi connectivity index (χ2n) is 9.61. The predicted molar refractivity (Wildman–Crippen MR) is 141 cm³/mol. The van der Waals surface area contributed by atoms with E-state index in [1.807, 2.05) is 12.1 Å². The predicted octanol–water partition coefficient (Wildman–Crippen LogP) is 4.54. The first-order valence-electron chi connectivity index (χ1n) is 12.8. The number of benzene rings is 1. The summed E-state index contributed by atoms with van der Waals surface area (Å²) in [6, 6.07) is 11.4. The lowest BCUT2D eigenvalue weighted by atomic mass is 10.0. The number of rotatable bonds is 6. The van der Waals surface area contributed by atoms with Crippen LogP contribution in [0, 0.1) is 0 Å². The number of anilines is 2. The van der Waals surface area contributed by atoms with Gasteiger partial charge in [0.25, 0.3) is 5.82 Å². The summed E-state index contributed by atoms with van der Waals surface area (Å²) in [5.41, 5.74) is 15.3. The third kappa shape index (κ3) is 5.52. The molecule has 5 N–H and O–H groups in total. The average Bonchev–Trinajstić information content (AvgIpc) is 3.54. The Morgan fingerprint density at radius 2 is 1.76 bits per heavy atom. The number of likely N-dealkylation sites (tertiary alicyclic amines) is 1. The maximum absolute atomic E-state index is 13.6. The monoisotopic (exact) mass is 524 g/mol. The van der Waals surface area contributed by atoms with Gasteiger partial charge in [0.15, 0.2) is 5.82 Å². The van der Waals surface area contributed by atoms with Gasteiger partial charge in [0.05, 0.1) is 5.69 Å². The van der Waals surface area contributed by atoms with E-state index in [-0.39, 0.29) is 11.8 Å². The van der Waals surface area contributed by atoms with Crippen LogP contribution >= 0.6 is 0 Å². The Bertz CT molecular complexity index is 1340. The molecular weight excluding hydrogens is 493 g/mol. The van der Waals surface area contributed by atoms with Crippen molar-refractivity contribution in [3.05, 3.63) is 77.5 Å². The first-order valence-corrected chi connectivity index (χ1v) is 12.8. The van der Waals surface area contributed by atoms with Crippen LogP contribution in [0.15, 0.2) is 54.9 Å². The minimum absolute atomic E-state index is 0.0851. The van der Waals surface area contributed by atoms with Gasteiger partial charge in [-0.05, 0) is 99.3 Å². The van der Waals surface area contributed by atoms with Crippen LogP contribution in [0.5, 0.6) is 0 Å². The molecule has 2 aromatic heterocycles. The number of pyridine rings is 1. The number of nitrogens with two attached hydrogens (primary N) is 2. The molecule has 1 atom stereocenters. The van der Waals surface area contributed by atoms with E-state index >= 15 is 0 Å². The van der Waals surface area contributed by atoms with Crippen molar-refractivity contribution in [3.8, 4) is 5.82 Å². The normalized spacial score (nSPS) is 19.0. The van der Waals surface area contributed by atoms with Gasteiger partial charge in [-0.25, -0.2) is 4.98 Å². The summed E-state index contributed by atoms with van der Waals surface area (Å²) in [6.07, 6.45) is 6.13. The van der Waals surface area contributed by atoms with E-state index in [1.165, 1.54) is 49.5 Å². The fourth-order valence-electron chi connectivity index (χ4n) is 5.27. The van der Waals surface area contributed by atoms with Crippen LogP contribution in [-0.4, -0.2) is 43.8 Å². The Morgan fingerprint density at radius 3 is 2.47 bits per heavy atom. The van der Waals surface area contributed by atoms with Gasteiger partial charge in [-0.1, -0.05) is 12.1 Å². The fraction of sp³-hybridized carbons (Fsp3) is 0.370. The molecule has 1 aliphatic carbocycles. The molecule has 0 spiro atoms. The van der Waals surface area contributed by atoms with Gasteiger partial charge in [-0.15, -0.1) is 5.10 Å². The molecule has 1 aromatic carbocycles. The highest BCUT2D eigenvalue weighted by molar-refractivity contribution is 5.71. The molecule has 1 aliphatic heterocycles. The van der Waals surface area contributed by atoms with Crippen molar-refractivity contribution in [2.75, 3.05) is 18.4 Å². The second kappa shape index (κ2) is 10.9. The smallest absolute Gasteiger partial charge is 0.405 e. The Kier molecular flexibility index (Phi) is 7.37. The third-order valence-electron chi connectivity index (χ3n) is 7.18. The van der Waals surface area contributed by atoms with Crippen molar-refractivity contribution >= 4 is 17.2 Å². The van der Waals surface area contributed by atoms with Gasteiger partial charge in [-0.2, -0.15) is 22.8 Å². The SMILES string of the molecule is N/C=C\C(=C/N)c1cccc(-n2nc(C(F)(F)F)nc2Nc2ccc3c(c2)CCC(N2CCCC2)CC3)n1. The van der Waals surface area contributed by atoms with E-state index < -0.39 is 12.0 Å². The quantitative estimate of drug-likeness (QED) is 0.321. The van der Waals surface area contributed by atoms with Gasteiger partial charge in [0, 0.05) is 23.5 Å². The number of aromatic nitrogens is 4. The molecule has 38 heavy (non-hydrogen) atoms. The standard InChI is InChI=1S/C27H31F3N8/c28-27(29,30)25-35-26(38(36-25)24-5-3-4-23(34-24)20(17-32)12-13-31)33-21-9-6-18-7-10-22(11-8-19(18)16-21)37-14-1-2-15-37/h3-6,9,12-13,16-17,22H,1-2,7-8,10-11,14-15,31-32H2,(H,33,35,36)/b13-12-,20-17+. The lowest BCUT2D eigenvalue weighted by Gasteiger charge is -2.25. The number of halogens is 3. The maximum Gasteiger partial charge on any atom is 0.453 e. The Balaban J connectivity index is 1.44. The van der Waals surface area contributed by atoms with Crippen LogP contribution in [0.2, 0.25) is 0 Å². The van der Waals surface area contributed by atoms with Crippen molar-refractivity contribution in [2.24, 2.45) is 11.5 Å². The number of alkyl halides is 3. The fourth-order valence-corrected chi connectivity index (χ4v) is 5.27. The molecule has 1 saturated heterocycles. The van der Waals surface area contributed by atoms with Crippen LogP contribution < -0.4 is 16.8 Å². The topological polar surface area (TPSA) is 111 Å². The Morgan fingerprint density at radius 1 is 1.00 bits per heavy atom. The molecule has 3 heterocycles. The van der Waals surface area contributed by atoms with Gasteiger partial charge >= 0.3 is 6.18 Å². The number of nitrogens with one attached hydrogen (secondary N) is 1. The zero-order valence-electron chi connectivity index (χ0n) is 21.0. The minimum atomic E-state index is -4.72. The van der Waals surface area contributed by atoms with Gasteiger partial charge < -0.3 is 21.7 Å². The largest absolute Gasteiger partial charge is 0.453 e. The van der Waals surface area contributed by atoms with E-state index in [0.29, 0.717) is 23.0 Å². The second-order valence-corrected chi connectivity index (χ2v) is 9.61. The summed E-state index contributed by atoms with van der Waals surface area (Å²) in [5.74, 6) is -1.19. The molecule has 5 rings (SSSR count). The molecule has 3 aromatic rings. The highest BCUT2D eigenvalue weighted by atomic mass is 19.4. The van der Waals surface area contributed by atoms with Gasteiger partial charge in [0.2, 0.25) is 5.95 Å². The van der Waals surface area contributed by atoms with Crippen LogP contribution in [0.25, 0.3) is 11.4 Å². The zero-order valence-corrected chi connectivity index (χ0v) is 21.0. The summed E-state index contributed by atoms with van der Waals surface area (Å²) in [6.45, 7) is 2.34. The molecule has 8 nitrogen and oxygen atoms in total. The van der Waals surface area contributed by atoms with Crippen LogP contribution in [0.4, 0.5) is 24.8 Å². The Hall–Kier alpha value is -3.86. The molecule has 2 aliphatic rings. The van der Waals surface area contributed by atoms with Crippen LogP contribution in [-0.2, 0) is 19.0 Å². The Labute approximate surface area is 219 Å². The van der Waals surface area contributed by atoms with Crippen molar-refractivity contribution in [1.29, 1.82) is 0 Å². The van der Waals surface area contributed by atoms with E-state index in [0.717, 1.165) is 30.4 Å². The summed E-state index contributed by atoms with van der Waals surface area (Å²) in [5, 5.41) is 6.79. The van der Waals surface area contributed by atoms with Gasteiger partial charge in [-0.3, -0.25) is 0 Å². The molecule has 1 unspecified atom stereocenters. The van der Waals surface area contributed by atoms with Crippen molar-refractivity contribution in [2.45, 2.75) is 50.7 Å². The van der Waals surface area contributed by atoms with Gasteiger partial charge in [0.1, 0.15) is 0 Å². The lowest BCUT2D eigenvalue weighted by molar-refractivity contribution is -0.144. The number of fused-ring (bicyclic) bond motifs is 1. The molecule has 11 heteroatoms. The first-order chi connectivity index (χ1) is 18.4. The number of allylic oxidation sites excluding steroid dienone is 2. The molecular formula is C27H31F3N8. The average molecular weight is 525 g/mol. The maximum atomic E-state index is 13.6.